The minimum Gasteiger partial charge on any atom is -0.469 e. The first kappa shape index (κ1) is 20.2. The highest BCUT2D eigenvalue weighted by Crippen LogP contribution is 2.79. The van der Waals surface area contributed by atoms with Gasteiger partial charge in [0, 0.05) is 36.8 Å². The van der Waals surface area contributed by atoms with Crippen LogP contribution in [0.15, 0.2) is 11.1 Å². The Bertz CT molecular complexity index is 898. The molecule has 4 aliphatic carbocycles. The summed E-state index contributed by atoms with van der Waals surface area (Å²) in [5.41, 5.74) is 0.915. The van der Waals surface area contributed by atoms with Gasteiger partial charge in [-0.2, -0.15) is 0 Å². The molecule has 2 aliphatic heterocycles. The lowest BCUT2D eigenvalue weighted by atomic mass is 9.41. The summed E-state index contributed by atoms with van der Waals surface area (Å²) >= 11 is 0. The van der Waals surface area contributed by atoms with Crippen LogP contribution in [0.2, 0.25) is 0 Å². The van der Waals surface area contributed by atoms with E-state index in [0.717, 1.165) is 38.8 Å². The van der Waals surface area contributed by atoms with Crippen molar-refractivity contribution in [3.63, 3.8) is 0 Å². The number of esters is 2. The number of hydrogen-bond acceptors (Lipinski definition) is 6. The van der Waals surface area contributed by atoms with Gasteiger partial charge in [-0.05, 0) is 56.3 Å². The second kappa shape index (κ2) is 6.13. The highest BCUT2D eigenvalue weighted by Gasteiger charge is 2.83. The molecule has 2 saturated heterocycles. The summed E-state index contributed by atoms with van der Waals surface area (Å²) in [4.78, 5) is 27.6. The van der Waals surface area contributed by atoms with Crippen molar-refractivity contribution in [3.8, 4) is 0 Å². The maximum atomic E-state index is 13.0. The van der Waals surface area contributed by atoms with E-state index in [1.165, 1.54) is 25.2 Å². The molecule has 6 aliphatic rings. The largest absolute Gasteiger partial charge is 0.469 e. The van der Waals surface area contributed by atoms with E-state index in [4.69, 9.17) is 9.47 Å². The summed E-state index contributed by atoms with van der Waals surface area (Å²) in [6.45, 7) is 7.75. The summed E-state index contributed by atoms with van der Waals surface area (Å²) in [5, 5.41) is 12.8. The van der Waals surface area contributed by atoms with Gasteiger partial charge in [-0.15, -0.1) is 0 Å². The lowest BCUT2D eigenvalue weighted by molar-refractivity contribution is -0.321. The Morgan fingerprint density at radius 2 is 1.94 bits per heavy atom. The third kappa shape index (κ3) is 2.04. The van der Waals surface area contributed by atoms with Crippen LogP contribution < -0.4 is 0 Å². The highest BCUT2D eigenvalue weighted by molar-refractivity contribution is 5.75. The first-order valence-electron chi connectivity index (χ1n) is 12.1. The molecule has 0 amide bonds. The third-order valence-electron chi connectivity index (χ3n) is 10.8. The molecule has 0 aromatic carbocycles. The Labute approximate surface area is 184 Å². The van der Waals surface area contributed by atoms with Gasteiger partial charge in [0.05, 0.1) is 13.0 Å². The molecular weight excluding hydrogens is 394 g/mol. The number of piperidine rings is 1. The average molecular weight is 430 g/mol. The Balaban J connectivity index is 1.65. The molecule has 9 atom stereocenters. The van der Waals surface area contributed by atoms with Crippen molar-refractivity contribution in [2.24, 2.45) is 40.4 Å². The number of aliphatic hydroxyl groups is 1. The topological polar surface area (TPSA) is 76.1 Å². The maximum Gasteiger partial charge on any atom is 0.309 e. The van der Waals surface area contributed by atoms with Crippen molar-refractivity contribution < 1.29 is 24.2 Å². The van der Waals surface area contributed by atoms with Crippen molar-refractivity contribution >= 4 is 11.9 Å². The fraction of sp³-hybridized carbons (Fsp3) is 0.840. The monoisotopic (exact) mass is 429 g/mol. The fourth-order valence-corrected chi connectivity index (χ4v) is 9.76. The number of nitrogens with zero attached hydrogens (tertiary/aromatic N) is 1. The van der Waals surface area contributed by atoms with E-state index < -0.39 is 11.1 Å². The molecular formula is C25H35NO5. The van der Waals surface area contributed by atoms with Crippen molar-refractivity contribution in [1.29, 1.82) is 0 Å². The van der Waals surface area contributed by atoms with E-state index in [-0.39, 0.29) is 41.2 Å². The molecule has 4 fully saturated rings. The molecule has 6 nitrogen and oxygen atoms in total. The minimum atomic E-state index is -0.982. The molecule has 1 spiro atoms. The Morgan fingerprint density at radius 1 is 1.19 bits per heavy atom. The summed E-state index contributed by atoms with van der Waals surface area (Å²) in [7, 11) is 1.48. The van der Waals surface area contributed by atoms with Crippen LogP contribution in [0.4, 0.5) is 0 Å². The van der Waals surface area contributed by atoms with Gasteiger partial charge in [0.1, 0.15) is 11.8 Å². The normalized spacial score (nSPS) is 52.0. The lowest BCUT2D eigenvalue weighted by Gasteiger charge is -2.70. The maximum absolute atomic E-state index is 13.0. The number of carbonyl (C=O) groups is 2. The van der Waals surface area contributed by atoms with E-state index in [1.54, 1.807) is 0 Å². The van der Waals surface area contributed by atoms with Crippen LogP contribution in [-0.4, -0.2) is 54.0 Å². The zero-order valence-corrected chi connectivity index (χ0v) is 19.1. The molecule has 6 heteroatoms. The van der Waals surface area contributed by atoms with Gasteiger partial charge in [-0.25, -0.2) is 0 Å². The van der Waals surface area contributed by atoms with Crippen LogP contribution in [0, 0.1) is 40.4 Å². The molecule has 2 heterocycles. The van der Waals surface area contributed by atoms with Crippen molar-refractivity contribution in [3.05, 3.63) is 11.1 Å². The predicted molar refractivity (Wildman–Crippen MR) is 112 cm³/mol. The second-order valence-electron chi connectivity index (χ2n) is 11.5. The molecule has 0 aromatic rings. The number of ether oxygens (including phenoxy) is 2. The molecule has 2 saturated carbocycles. The van der Waals surface area contributed by atoms with Gasteiger partial charge in [0.15, 0.2) is 0 Å². The quantitative estimate of drug-likeness (QED) is 0.537. The SMILES string of the molecule is COC(=O)[C@H]1C[C@]23C4=C(CC[C@H]5CN6C[C@H](C)[C@H](C[C@H](OC(C)=O)[C@]52C)[C@@]63O)CC[C@@H]41. The van der Waals surface area contributed by atoms with Gasteiger partial charge >= 0.3 is 11.9 Å². The van der Waals surface area contributed by atoms with Crippen LogP contribution in [0.1, 0.15) is 59.3 Å². The van der Waals surface area contributed by atoms with Gasteiger partial charge in [0.2, 0.25) is 0 Å². The summed E-state index contributed by atoms with van der Waals surface area (Å²) in [6.07, 6.45) is 5.19. The summed E-state index contributed by atoms with van der Waals surface area (Å²) in [6, 6.07) is 0. The molecule has 0 unspecified atom stereocenters. The zero-order valence-electron chi connectivity index (χ0n) is 19.1. The number of methoxy groups -OCH3 is 1. The van der Waals surface area contributed by atoms with Gasteiger partial charge in [-0.3, -0.25) is 14.5 Å². The highest BCUT2D eigenvalue weighted by atomic mass is 16.5. The smallest absolute Gasteiger partial charge is 0.309 e. The molecule has 0 aromatic heterocycles. The van der Waals surface area contributed by atoms with Crippen LogP contribution in [-0.2, 0) is 19.1 Å². The standard InChI is InChI=1S/C25H35NO5/c1-13-11-26-12-16-7-5-15-6-8-17-18(22(28)30-4)10-24(21(15)17)23(16,3)20(31-14(2)27)9-19(13)25(24,26)29/h13,16-20,29H,5-12H2,1-4H3/t13-,16-,17+,18-,19-,20-,23-,24-,25-/m0/s1. The van der Waals surface area contributed by atoms with Crippen LogP contribution >= 0.6 is 0 Å². The van der Waals surface area contributed by atoms with Crippen molar-refractivity contribution in [1.82, 2.24) is 4.90 Å². The van der Waals surface area contributed by atoms with Gasteiger partial charge < -0.3 is 14.6 Å². The number of hydrogen-bond donors (Lipinski definition) is 1. The number of rotatable bonds is 2. The van der Waals surface area contributed by atoms with E-state index in [2.05, 4.69) is 18.7 Å². The molecule has 4 bridgehead atoms. The predicted octanol–water partition coefficient (Wildman–Crippen LogP) is 2.89. The zero-order chi connectivity index (χ0) is 21.9. The molecule has 170 valence electrons. The number of carbonyl (C=O) groups excluding carboxylic acids is 2. The minimum absolute atomic E-state index is 0.0374. The number of allylic oxidation sites excluding steroid dienone is 1. The first-order valence-corrected chi connectivity index (χ1v) is 12.1. The van der Waals surface area contributed by atoms with E-state index in [1.807, 2.05) is 0 Å². The second-order valence-corrected chi connectivity index (χ2v) is 11.5. The van der Waals surface area contributed by atoms with E-state index in [0.29, 0.717) is 24.7 Å². The fourth-order valence-electron chi connectivity index (χ4n) is 9.76. The molecule has 6 rings (SSSR count). The Kier molecular flexibility index (Phi) is 4.00. The Morgan fingerprint density at radius 3 is 2.65 bits per heavy atom. The van der Waals surface area contributed by atoms with Crippen LogP contribution in [0.25, 0.3) is 0 Å². The van der Waals surface area contributed by atoms with Crippen LogP contribution in [0.3, 0.4) is 0 Å². The van der Waals surface area contributed by atoms with Gasteiger partial charge in [-0.1, -0.05) is 25.0 Å². The summed E-state index contributed by atoms with van der Waals surface area (Å²) in [5.74, 6) is 0.236. The Hall–Kier alpha value is -1.40. The van der Waals surface area contributed by atoms with Gasteiger partial charge in [0.25, 0.3) is 0 Å². The first-order chi connectivity index (χ1) is 14.7. The van der Waals surface area contributed by atoms with E-state index >= 15 is 0 Å². The van der Waals surface area contributed by atoms with E-state index in [9.17, 15) is 14.7 Å². The third-order valence-corrected chi connectivity index (χ3v) is 10.8. The van der Waals surface area contributed by atoms with Crippen LogP contribution in [0.5, 0.6) is 0 Å². The molecule has 1 N–H and O–H groups in total. The molecule has 31 heavy (non-hydrogen) atoms. The molecule has 0 radical (unpaired) electrons. The summed E-state index contributed by atoms with van der Waals surface area (Å²) < 4.78 is 11.4. The van der Waals surface area contributed by atoms with Crippen molar-refractivity contribution in [2.75, 3.05) is 20.2 Å². The lowest BCUT2D eigenvalue weighted by Crippen LogP contribution is -2.77. The average Bonchev–Trinajstić information content (AvgIpc) is 3.34. The van der Waals surface area contributed by atoms with Crippen molar-refractivity contribution in [2.45, 2.75) is 71.1 Å².